The van der Waals surface area contributed by atoms with Gasteiger partial charge in [0.15, 0.2) is 0 Å². The van der Waals surface area contributed by atoms with Crippen molar-refractivity contribution in [1.29, 1.82) is 0 Å². The predicted molar refractivity (Wildman–Crippen MR) is 77.0 cm³/mol. The Balaban J connectivity index is 2.16. The Bertz CT molecular complexity index is 604. The normalized spacial score (nSPS) is 22.6. The van der Waals surface area contributed by atoms with Gasteiger partial charge < -0.3 is 10.5 Å². The van der Waals surface area contributed by atoms with Crippen LogP contribution in [0.15, 0.2) is 17.2 Å². The molecule has 0 aliphatic carbocycles. The molecule has 3 N–H and O–H groups in total. The number of rotatable bonds is 3. The fraction of sp³-hybridized carbons (Fsp3) is 0.583. The van der Waals surface area contributed by atoms with Crippen LogP contribution in [0.1, 0.15) is 26.7 Å². The maximum atomic E-state index is 12.3. The zero-order valence-corrected chi connectivity index (χ0v) is 13.0. The summed E-state index contributed by atoms with van der Waals surface area (Å²) in [5.74, 6) is 0.109. The molecule has 2 heterocycles. The van der Waals surface area contributed by atoms with E-state index in [0.717, 1.165) is 0 Å². The van der Waals surface area contributed by atoms with Crippen LogP contribution in [0.4, 0.5) is 5.82 Å². The zero-order valence-electron chi connectivity index (χ0n) is 11.4. The summed E-state index contributed by atoms with van der Waals surface area (Å²) in [5.41, 5.74) is 5.15. The first-order chi connectivity index (χ1) is 9.20. The highest BCUT2D eigenvalue weighted by Gasteiger charge is 2.31. The molecule has 6 nitrogen and oxygen atoms in total. The SMILES string of the molecule is CC1(C)CC(NS(=O)(=O)c2cnc(N)c(Cl)c2)CCO1. The van der Waals surface area contributed by atoms with Crippen LogP contribution in [0.2, 0.25) is 5.02 Å². The van der Waals surface area contributed by atoms with Crippen LogP contribution in [0.3, 0.4) is 0 Å². The van der Waals surface area contributed by atoms with E-state index in [1.165, 1.54) is 12.3 Å². The number of hydrogen-bond acceptors (Lipinski definition) is 5. The van der Waals surface area contributed by atoms with Gasteiger partial charge in [-0.15, -0.1) is 0 Å². The summed E-state index contributed by atoms with van der Waals surface area (Å²) >= 11 is 5.81. The first-order valence-electron chi connectivity index (χ1n) is 6.27. The lowest BCUT2D eigenvalue weighted by Crippen LogP contribution is -2.45. The van der Waals surface area contributed by atoms with E-state index < -0.39 is 10.0 Å². The van der Waals surface area contributed by atoms with Crippen molar-refractivity contribution in [3.05, 3.63) is 17.3 Å². The highest BCUT2D eigenvalue weighted by Crippen LogP contribution is 2.26. The van der Waals surface area contributed by atoms with E-state index >= 15 is 0 Å². The topological polar surface area (TPSA) is 94.3 Å². The van der Waals surface area contributed by atoms with Crippen molar-refractivity contribution in [2.24, 2.45) is 0 Å². The molecule has 0 spiro atoms. The van der Waals surface area contributed by atoms with Crippen molar-refractivity contribution in [2.45, 2.75) is 43.2 Å². The maximum Gasteiger partial charge on any atom is 0.242 e. The molecule has 2 rings (SSSR count). The van der Waals surface area contributed by atoms with Crippen molar-refractivity contribution in [2.75, 3.05) is 12.3 Å². The molecule has 8 heteroatoms. The average Bonchev–Trinajstić information content (AvgIpc) is 2.30. The van der Waals surface area contributed by atoms with E-state index in [-0.39, 0.29) is 27.4 Å². The van der Waals surface area contributed by atoms with Crippen molar-refractivity contribution in [3.63, 3.8) is 0 Å². The minimum absolute atomic E-state index is 0.0148. The van der Waals surface area contributed by atoms with E-state index in [1.54, 1.807) is 0 Å². The maximum absolute atomic E-state index is 12.3. The average molecular weight is 320 g/mol. The van der Waals surface area contributed by atoms with Gasteiger partial charge in [-0.2, -0.15) is 0 Å². The summed E-state index contributed by atoms with van der Waals surface area (Å²) in [6.45, 7) is 4.41. The standard InChI is InChI=1S/C12H18ClN3O3S/c1-12(2)6-8(3-4-19-12)16-20(17,18)9-5-10(13)11(14)15-7-9/h5,7-8,16H,3-4,6H2,1-2H3,(H2,14,15). The molecule has 1 saturated heterocycles. The number of ether oxygens (including phenoxy) is 1. The molecule has 1 aliphatic heterocycles. The third-order valence-corrected chi connectivity index (χ3v) is 4.96. The molecule has 112 valence electrons. The quantitative estimate of drug-likeness (QED) is 0.881. The summed E-state index contributed by atoms with van der Waals surface area (Å²) < 4.78 is 32.8. The van der Waals surface area contributed by atoms with E-state index in [2.05, 4.69) is 9.71 Å². The second-order valence-electron chi connectivity index (χ2n) is 5.46. The van der Waals surface area contributed by atoms with Gasteiger partial charge in [-0.3, -0.25) is 0 Å². The van der Waals surface area contributed by atoms with Crippen LogP contribution in [0.5, 0.6) is 0 Å². The van der Waals surface area contributed by atoms with Crippen molar-refractivity contribution >= 4 is 27.4 Å². The molecule has 0 saturated carbocycles. The van der Waals surface area contributed by atoms with Crippen molar-refractivity contribution in [1.82, 2.24) is 9.71 Å². The molecular formula is C12H18ClN3O3S. The Labute approximate surface area is 123 Å². The van der Waals surface area contributed by atoms with Gasteiger partial charge in [0.05, 0.1) is 10.6 Å². The molecule has 1 atom stereocenters. The number of nitrogens with two attached hydrogens (primary N) is 1. The lowest BCUT2D eigenvalue weighted by atomic mass is 9.95. The van der Waals surface area contributed by atoms with Gasteiger partial charge in [-0.1, -0.05) is 11.6 Å². The lowest BCUT2D eigenvalue weighted by Gasteiger charge is -2.35. The van der Waals surface area contributed by atoms with E-state index in [0.29, 0.717) is 19.4 Å². The minimum atomic E-state index is -3.66. The van der Waals surface area contributed by atoms with Crippen LogP contribution < -0.4 is 10.5 Å². The number of nitrogens with zero attached hydrogens (tertiary/aromatic N) is 1. The zero-order chi connectivity index (χ0) is 15.0. The van der Waals surface area contributed by atoms with Crippen LogP contribution in [-0.2, 0) is 14.8 Å². The number of aromatic nitrogens is 1. The number of halogens is 1. The molecular weight excluding hydrogens is 302 g/mol. The number of sulfonamides is 1. The summed E-state index contributed by atoms with van der Waals surface area (Å²) in [7, 11) is -3.66. The Kier molecular flexibility index (Phi) is 4.24. The molecule has 1 aliphatic rings. The summed E-state index contributed by atoms with van der Waals surface area (Å²) in [6.07, 6.45) is 2.45. The third kappa shape index (κ3) is 3.60. The highest BCUT2D eigenvalue weighted by atomic mass is 35.5. The second-order valence-corrected chi connectivity index (χ2v) is 7.58. The molecule has 20 heavy (non-hydrogen) atoms. The molecule has 1 aromatic rings. The first-order valence-corrected chi connectivity index (χ1v) is 8.13. The monoisotopic (exact) mass is 319 g/mol. The van der Waals surface area contributed by atoms with Gasteiger partial charge >= 0.3 is 0 Å². The highest BCUT2D eigenvalue weighted by molar-refractivity contribution is 7.89. The smallest absolute Gasteiger partial charge is 0.242 e. The van der Waals surface area contributed by atoms with E-state index in [9.17, 15) is 8.42 Å². The van der Waals surface area contributed by atoms with Crippen LogP contribution in [0.25, 0.3) is 0 Å². The van der Waals surface area contributed by atoms with Crippen LogP contribution in [0, 0.1) is 0 Å². The molecule has 0 radical (unpaired) electrons. The Morgan fingerprint density at radius 1 is 1.55 bits per heavy atom. The van der Waals surface area contributed by atoms with Gasteiger partial charge in [-0.25, -0.2) is 18.1 Å². The second kappa shape index (κ2) is 5.48. The van der Waals surface area contributed by atoms with Crippen LogP contribution in [-0.4, -0.2) is 31.7 Å². The van der Waals surface area contributed by atoms with Gasteiger partial charge in [-0.05, 0) is 32.8 Å². The minimum Gasteiger partial charge on any atom is -0.382 e. The summed E-state index contributed by atoms with van der Waals surface area (Å²) in [6, 6.07) is 1.14. The van der Waals surface area contributed by atoms with Gasteiger partial charge in [0.2, 0.25) is 10.0 Å². The van der Waals surface area contributed by atoms with Crippen molar-refractivity contribution in [3.8, 4) is 0 Å². The fourth-order valence-corrected chi connectivity index (χ4v) is 3.67. The van der Waals surface area contributed by atoms with Crippen LogP contribution >= 0.6 is 11.6 Å². The number of nitrogens with one attached hydrogen (secondary N) is 1. The molecule has 1 aromatic heterocycles. The van der Waals surface area contributed by atoms with Gasteiger partial charge in [0.1, 0.15) is 10.7 Å². The molecule has 1 fully saturated rings. The number of hydrogen-bond donors (Lipinski definition) is 2. The number of nitrogen functional groups attached to an aromatic ring is 1. The number of pyridine rings is 1. The molecule has 0 aromatic carbocycles. The third-order valence-electron chi connectivity index (χ3n) is 3.17. The van der Waals surface area contributed by atoms with Gasteiger partial charge in [0, 0.05) is 18.8 Å². The predicted octanol–water partition coefficient (Wildman–Crippen LogP) is 1.55. The fourth-order valence-electron chi connectivity index (χ4n) is 2.20. The summed E-state index contributed by atoms with van der Waals surface area (Å²) in [5, 5.41) is 0.125. The Morgan fingerprint density at radius 3 is 2.85 bits per heavy atom. The van der Waals surface area contributed by atoms with E-state index in [4.69, 9.17) is 22.1 Å². The van der Waals surface area contributed by atoms with E-state index in [1.807, 2.05) is 13.8 Å². The van der Waals surface area contributed by atoms with Crippen molar-refractivity contribution < 1.29 is 13.2 Å². The molecule has 0 bridgehead atoms. The summed E-state index contributed by atoms with van der Waals surface area (Å²) in [4.78, 5) is 3.78. The first kappa shape index (κ1) is 15.5. The Hall–Kier alpha value is -0.890. The number of anilines is 1. The lowest BCUT2D eigenvalue weighted by molar-refractivity contribution is -0.0599. The molecule has 1 unspecified atom stereocenters. The Morgan fingerprint density at radius 2 is 2.25 bits per heavy atom. The largest absolute Gasteiger partial charge is 0.382 e. The van der Waals surface area contributed by atoms with Gasteiger partial charge in [0.25, 0.3) is 0 Å². The molecule has 0 amide bonds.